The Morgan fingerprint density at radius 1 is 1.09 bits per heavy atom. The first-order chi connectivity index (χ1) is 16.9. The lowest BCUT2D eigenvalue weighted by Gasteiger charge is -2.38. The van der Waals surface area contributed by atoms with Crippen molar-refractivity contribution in [3.63, 3.8) is 0 Å². The number of hydrogen-bond acceptors (Lipinski definition) is 4. The number of carbonyl (C=O) groups is 3. The Bertz CT molecular complexity index is 1040. The molecule has 0 aromatic heterocycles. The van der Waals surface area contributed by atoms with Crippen LogP contribution in [0.4, 0.5) is 4.79 Å². The van der Waals surface area contributed by atoms with Crippen molar-refractivity contribution in [3.8, 4) is 11.1 Å². The van der Waals surface area contributed by atoms with Crippen molar-refractivity contribution in [2.24, 2.45) is 11.8 Å². The summed E-state index contributed by atoms with van der Waals surface area (Å²) in [5, 5.41) is 12.4. The molecule has 7 heteroatoms. The first kappa shape index (κ1) is 24.8. The van der Waals surface area contributed by atoms with Gasteiger partial charge in [0.1, 0.15) is 12.6 Å². The Morgan fingerprint density at radius 2 is 1.71 bits per heavy atom. The molecule has 2 aliphatic rings. The molecule has 2 aromatic rings. The molecular formula is C28H34N2O5. The number of amides is 2. The second-order valence-electron chi connectivity index (χ2n) is 9.71. The third-order valence-corrected chi connectivity index (χ3v) is 7.26. The van der Waals surface area contributed by atoms with Crippen molar-refractivity contribution in [2.45, 2.75) is 51.5 Å². The van der Waals surface area contributed by atoms with Crippen molar-refractivity contribution in [2.75, 3.05) is 19.7 Å². The Labute approximate surface area is 206 Å². The van der Waals surface area contributed by atoms with Crippen molar-refractivity contribution < 1.29 is 24.2 Å². The third-order valence-electron chi connectivity index (χ3n) is 7.26. The van der Waals surface area contributed by atoms with E-state index in [2.05, 4.69) is 29.6 Å². The van der Waals surface area contributed by atoms with Gasteiger partial charge in [0, 0.05) is 19.0 Å². The number of benzene rings is 2. The van der Waals surface area contributed by atoms with Crippen molar-refractivity contribution >= 4 is 18.0 Å². The zero-order chi connectivity index (χ0) is 24.9. The number of alkyl carbamates (subject to hydrolysis) is 1. The fraction of sp³-hybridized carbons (Fsp3) is 0.464. The molecule has 1 heterocycles. The number of likely N-dealkylation sites (tertiary alicyclic amines) is 1. The highest BCUT2D eigenvalue weighted by atomic mass is 16.5. The van der Waals surface area contributed by atoms with Crippen LogP contribution < -0.4 is 5.32 Å². The Hall–Kier alpha value is -3.35. The van der Waals surface area contributed by atoms with Crippen molar-refractivity contribution in [1.82, 2.24) is 10.2 Å². The number of carboxylic acids is 1. The van der Waals surface area contributed by atoms with Crippen molar-refractivity contribution in [3.05, 3.63) is 59.7 Å². The highest BCUT2D eigenvalue weighted by molar-refractivity contribution is 5.86. The summed E-state index contributed by atoms with van der Waals surface area (Å²) in [6, 6.07) is 15.5. The average molecular weight is 479 g/mol. The molecule has 3 unspecified atom stereocenters. The molecule has 0 spiro atoms. The van der Waals surface area contributed by atoms with Gasteiger partial charge in [-0.25, -0.2) is 9.59 Å². The van der Waals surface area contributed by atoms with E-state index in [1.807, 2.05) is 38.1 Å². The van der Waals surface area contributed by atoms with Gasteiger partial charge < -0.3 is 20.1 Å². The number of hydrogen-bond donors (Lipinski definition) is 2. The van der Waals surface area contributed by atoms with Gasteiger partial charge in [0.2, 0.25) is 5.91 Å². The van der Waals surface area contributed by atoms with Gasteiger partial charge in [-0.05, 0) is 47.4 Å². The number of nitrogens with one attached hydrogen (secondary N) is 1. The summed E-state index contributed by atoms with van der Waals surface area (Å²) in [7, 11) is 0. The molecule has 0 saturated carbocycles. The van der Waals surface area contributed by atoms with Crippen LogP contribution in [0.3, 0.4) is 0 Å². The molecule has 1 fully saturated rings. The van der Waals surface area contributed by atoms with Crippen LogP contribution in [0.5, 0.6) is 0 Å². The standard InChI is InChI=1S/C28H34N2O5/c1-3-8-19(26(31)30-14-13-18(2)15-25(30)27(32)33)16-29-28(34)35-17-24-22-11-6-4-9-20(22)21-10-5-7-12-23(21)24/h4-7,9-12,18-19,24-25H,3,8,13-17H2,1-2H3,(H,29,34)(H,32,33). The van der Waals surface area contributed by atoms with Crippen LogP contribution in [0, 0.1) is 11.8 Å². The molecule has 0 radical (unpaired) electrons. The molecule has 0 bridgehead atoms. The number of aliphatic carboxylic acids is 1. The lowest BCUT2D eigenvalue weighted by Crippen LogP contribution is -2.53. The molecule has 1 aliphatic heterocycles. The highest BCUT2D eigenvalue weighted by Crippen LogP contribution is 2.44. The minimum atomic E-state index is -0.968. The zero-order valence-electron chi connectivity index (χ0n) is 20.4. The molecular weight excluding hydrogens is 444 g/mol. The minimum absolute atomic E-state index is 0.0344. The molecule has 2 aromatic carbocycles. The lowest BCUT2D eigenvalue weighted by molar-refractivity contribution is -0.155. The molecule has 4 rings (SSSR count). The second kappa shape index (κ2) is 10.9. The third kappa shape index (κ3) is 5.34. The van der Waals surface area contributed by atoms with E-state index in [0.717, 1.165) is 35.1 Å². The number of carbonyl (C=O) groups excluding carboxylic acids is 2. The van der Waals surface area contributed by atoms with Crippen LogP contribution >= 0.6 is 0 Å². The maximum absolute atomic E-state index is 13.2. The van der Waals surface area contributed by atoms with Gasteiger partial charge in [0.15, 0.2) is 0 Å². The van der Waals surface area contributed by atoms with E-state index in [1.54, 1.807) is 0 Å². The quantitative estimate of drug-likeness (QED) is 0.576. The van der Waals surface area contributed by atoms with Gasteiger partial charge in [0.25, 0.3) is 0 Å². The van der Waals surface area contributed by atoms with Crippen LogP contribution in [0.1, 0.15) is 56.6 Å². The Balaban J connectivity index is 1.36. The first-order valence-corrected chi connectivity index (χ1v) is 12.5. The monoisotopic (exact) mass is 478 g/mol. The number of fused-ring (bicyclic) bond motifs is 3. The lowest BCUT2D eigenvalue weighted by atomic mass is 9.90. The summed E-state index contributed by atoms with van der Waals surface area (Å²) in [6.45, 7) is 4.75. The molecule has 2 amide bonds. The van der Waals surface area contributed by atoms with Crippen LogP contribution in [0.15, 0.2) is 48.5 Å². The van der Waals surface area contributed by atoms with Crippen LogP contribution in [-0.2, 0) is 14.3 Å². The minimum Gasteiger partial charge on any atom is -0.480 e. The first-order valence-electron chi connectivity index (χ1n) is 12.5. The highest BCUT2D eigenvalue weighted by Gasteiger charge is 2.37. The number of ether oxygens (including phenoxy) is 1. The fourth-order valence-corrected chi connectivity index (χ4v) is 5.39. The van der Waals surface area contributed by atoms with Crippen LogP contribution in [-0.4, -0.2) is 53.7 Å². The summed E-state index contributed by atoms with van der Waals surface area (Å²) >= 11 is 0. The van der Waals surface area contributed by atoms with Crippen LogP contribution in [0.25, 0.3) is 11.1 Å². The molecule has 1 saturated heterocycles. The van der Waals surface area contributed by atoms with Gasteiger partial charge in [-0.2, -0.15) is 0 Å². The summed E-state index contributed by atoms with van der Waals surface area (Å²) in [4.78, 5) is 39.1. The number of piperidine rings is 1. The maximum Gasteiger partial charge on any atom is 0.407 e. The maximum atomic E-state index is 13.2. The molecule has 186 valence electrons. The summed E-state index contributed by atoms with van der Waals surface area (Å²) in [5.74, 6) is -1.41. The van der Waals surface area contributed by atoms with E-state index in [-0.39, 0.29) is 30.9 Å². The summed E-state index contributed by atoms with van der Waals surface area (Å²) in [6.07, 6.45) is 2.00. The average Bonchev–Trinajstić information content (AvgIpc) is 3.18. The predicted octanol–water partition coefficient (Wildman–Crippen LogP) is 4.65. The van der Waals surface area contributed by atoms with Gasteiger partial charge >= 0.3 is 12.1 Å². The number of nitrogens with zero attached hydrogens (tertiary/aromatic N) is 1. The van der Waals surface area contributed by atoms with Crippen LogP contribution in [0.2, 0.25) is 0 Å². The van der Waals surface area contributed by atoms with Crippen molar-refractivity contribution in [1.29, 1.82) is 0 Å². The molecule has 35 heavy (non-hydrogen) atoms. The number of rotatable bonds is 8. The molecule has 3 atom stereocenters. The molecule has 1 aliphatic carbocycles. The smallest absolute Gasteiger partial charge is 0.407 e. The van der Waals surface area contributed by atoms with E-state index in [1.165, 1.54) is 4.90 Å². The predicted molar refractivity (Wildman–Crippen MR) is 133 cm³/mol. The summed E-state index contributed by atoms with van der Waals surface area (Å²) in [5.41, 5.74) is 4.60. The Morgan fingerprint density at radius 3 is 2.31 bits per heavy atom. The van der Waals surface area contributed by atoms with E-state index < -0.39 is 24.0 Å². The molecule has 7 nitrogen and oxygen atoms in total. The Kier molecular flexibility index (Phi) is 7.73. The zero-order valence-corrected chi connectivity index (χ0v) is 20.4. The fourth-order valence-electron chi connectivity index (χ4n) is 5.39. The topological polar surface area (TPSA) is 95.9 Å². The van der Waals surface area contributed by atoms with E-state index >= 15 is 0 Å². The normalized spacial score (nSPS) is 20.0. The van der Waals surface area contributed by atoms with Gasteiger partial charge in [-0.15, -0.1) is 0 Å². The van der Waals surface area contributed by atoms with Gasteiger partial charge in [-0.3, -0.25) is 4.79 Å². The van der Waals surface area contributed by atoms with E-state index in [9.17, 15) is 19.5 Å². The molecule has 2 N–H and O–H groups in total. The second-order valence-corrected chi connectivity index (χ2v) is 9.71. The van der Waals surface area contributed by atoms with Gasteiger partial charge in [-0.1, -0.05) is 68.8 Å². The van der Waals surface area contributed by atoms with E-state index in [0.29, 0.717) is 19.4 Å². The van der Waals surface area contributed by atoms with Gasteiger partial charge in [0.05, 0.1) is 5.92 Å². The SMILES string of the molecule is CCCC(CNC(=O)OCC1c2ccccc2-c2ccccc21)C(=O)N1CCC(C)CC1C(=O)O. The van der Waals surface area contributed by atoms with E-state index in [4.69, 9.17) is 4.74 Å². The summed E-state index contributed by atoms with van der Waals surface area (Å²) < 4.78 is 5.60. The number of carboxylic acid groups (broad SMARTS) is 1. The largest absolute Gasteiger partial charge is 0.480 e.